The number of aryl methyl sites for hydroxylation is 2. The molecular formula is C23H24F2N2. The van der Waals surface area contributed by atoms with Crippen LogP contribution in [0.3, 0.4) is 0 Å². The summed E-state index contributed by atoms with van der Waals surface area (Å²) < 4.78 is 30.9. The van der Waals surface area contributed by atoms with Crippen molar-refractivity contribution in [3.63, 3.8) is 0 Å². The lowest BCUT2D eigenvalue weighted by atomic mass is 9.98. The molecule has 0 radical (unpaired) electrons. The molecule has 140 valence electrons. The number of benzene rings is 2. The monoisotopic (exact) mass is 366 g/mol. The summed E-state index contributed by atoms with van der Waals surface area (Å²) in [5.74, 6) is -0.757. The molecule has 1 aliphatic heterocycles. The van der Waals surface area contributed by atoms with Crippen molar-refractivity contribution in [2.75, 3.05) is 6.54 Å². The lowest BCUT2D eigenvalue weighted by Gasteiger charge is -2.31. The zero-order valence-electron chi connectivity index (χ0n) is 15.5. The Morgan fingerprint density at radius 2 is 1.78 bits per heavy atom. The molecule has 0 saturated heterocycles. The van der Waals surface area contributed by atoms with Crippen molar-refractivity contribution >= 4 is 0 Å². The van der Waals surface area contributed by atoms with E-state index in [0.29, 0.717) is 5.56 Å². The Balaban J connectivity index is 1.80. The fourth-order valence-electron chi connectivity index (χ4n) is 4.17. The summed E-state index contributed by atoms with van der Waals surface area (Å²) in [5.41, 5.74) is 3.98. The van der Waals surface area contributed by atoms with Gasteiger partial charge in [0.05, 0.1) is 6.04 Å². The molecule has 0 unspecified atom stereocenters. The molecule has 4 rings (SSSR count). The van der Waals surface area contributed by atoms with Crippen LogP contribution in [0.25, 0.3) is 0 Å². The second kappa shape index (κ2) is 7.65. The molecule has 2 aromatic carbocycles. The zero-order valence-corrected chi connectivity index (χ0v) is 15.5. The number of aromatic nitrogens is 1. The van der Waals surface area contributed by atoms with Gasteiger partial charge in [0.2, 0.25) is 0 Å². The summed E-state index contributed by atoms with van der Waals surface area (Å²) in [4.78, 5) is 2.28. The predicted octanol–water partition coefficient (Wildman–Crippen LogP) is 5.32. The van der Waals surface area contributed by atoms with E-state index in [0.717, 1.165) is 38.2 Å². The summed E-state index contributed by atoms with van der Waals surface area (Å²) >= 11 is 0. The van der Waals surface area contributed by atoms with Gasteiger partial charge in [-0.15, -0.1) is 0 Å². The Kier molecular flexibility index (Phi) is 5.08. The van der Waals surface area contributed by atoms with Crippen LogP contribution in [0.1, 0.15) is 41.8 Å². The van der Waals surface area contributed by atoms with E-state index in [2.05, 4.69) is 34.6 Å². The highest BCUT2D eigenvalue weighted by Crippen LogP contribution is 2.35. The van der Waals surface area contributed by atoms with Gasteiger partial charge in [-0.3, -0.25) is 4.90 Å². The van der Waals surface area contributed by atoms with Crippen molar-refractivity contribution in [1.82, 2.24) is 9.47 Å². The van der Waals surface area contributed by atoms with Gasteiger partial charge in [0.25, 0.3) is 0 Å². The lowest BCUT2D eigenvalue weighted by Crippen LogP contribution is -2.30. The van der Waals surface area contributed by atoms with E-state index in [4.69, 9.17) is 0 Å². The van der Waals surface area contributed by atoms with Gasteiger partial charge >= 0.3 is 0 Å². The number of hydrogen-bond acceptors (Lipinski definition) is 1. The lowest BCUT2D eigenvalue weighted by molar-refractivity contribution is 0.215. The van der Waals surface area contributed by atoms with Crippen LogP contribution in [-0.4, -0.2) is 16.0 Å². The smallest absolute Gasteiger partial charge is 0.128 e. The van der Waals surface area contributed by atoms with Gasteiger partial charge in [-0.1, -0.05) is 31.2 Å². The first-order valence-corrected chi connectivity index (χ1v) is 9.58. The third-order valence-electron chi connectivity index (χ3n) is 5.48. The summed E-state index contributed by atoms with van der Waals surface area (Å²) in [6.07, 6.45) is 3.96. The van der Waals surface area contributed by atoms with Crippen LogP contribution in [0.5, 0.6) is 0 Å². The number of halogens is 2. The molecule has 3 aromatic rings. The van der Waals surface area contributed by atoms with Crippen LogP contribution in [0.2, 0.25) is 0 Å². The molecular weight excluding hydrogens is 342 g/mol. The van der Waals surface area contributed by atoms with E-state index in [1.807, 2.05) is 24.4 Å². The van der Waals surface area contributed by atoms with Crippen LogP contribution in [-0.2, 0) is 19.5 Å². The third kappa shape index (κ3) is 3.54. The maximum Gasteiger partial charge on any atom is 0.128 e. The fraction of sp³-hybridized carbons (Fsp3) is 0.304. The van der Waals surface area contributed by atoms with Gasteiger partial charge in [0, 0.05) is 37.1 Å². The fourth-order valence-corrected chi connectivity index (χ4v) is 4.17. The predicted molar refractivity (Wildman–Crippen MR) is 103 cm³/mol. The van der Waals surface area contributed by atoms with Crippen molar-refractivity contribution in [1.29, 1.82) is 0 Å². The summed E-state index contributed by atoms with van der Waals surface area (Å²) in [7, 11) is 0. The molecule has 2 heterocycles. The average Bonchev–Trinajstić information content (AvgIpc) is 3.06. The first-order chi connectivity index (χ1) is 13.2. The van der Waals surface area contributed by atoms with Crippen LogP contribution in [0, 0.1) is 11.6 Å². The minimum absolute atomic E-state index is 0.303. The molecule has 0 bridgehead atoms. The van der Waals surface area contributed by atoms with Crippen LogP contribution < -0.4 is 0 Å². The Hall–Kier alpha value is -2.46. The highest BCUT2D eigenvalue weighted by molar-refractivity contribution is 5.33. The van der Waals surface area contributed by atoms with E-state index < -0.39 is 5.82 Å². The summed E-state index contributed by atoms with van der Waals surface area (Å²) in [5, 5.41) is 0. The summed E-state index contributed by atoms with van der Waals surface area (Å²) in [6, 6.07) is 15.9. The van der Waals surface area contributed by atoms with E-state index in [9.17, 15) is 8.78 Å². The van der Waals surface area contributed by atoms with Crippen molar-refractivity contribution in [2.24, 2.45) is 0 Å². The highest BCUT2D eigenvalue weighted by atomic mass is 19.1. The van der Waals surface area contributed by atoms with E-state index in [1.165, 1.54) is 29.3 Å². The minimum atomic E-state index is -0.400. The maximum absolute atomic E-state index is 14.7. The Morgan fingerprint density at radius 3 is 2.59 bits per heavy atom. The minimum Gasteiger partial charge on any atom is -0.350 e. The van der Waals surface area contributed by atoms with Gasteiger partial charge in [-0.05, 0) is 54.3 Å². The molecule has 0 amide bonds. The molecule has 0 saturated carbocycles. The Bertz CT molecular complexity index is 932. The quantitative estimate of drug-likeness (QED) is 0.606. The third-order valence-corrected chi connectivity index (χ3v) is 5.48. The Labute approximate surface area is 159 Å². The molecule has 4 heteroatoms. The van der Waals surface area contributed by atoms with Crippen LogP contribution >= 0.6 is 0 Å². The topological polar surface area (TPSA) is 8.17 Å². The van der Waals surface area contributed by atoms with Gasteiger partial charge < -0.3 is 4.57 Å². The molecule has 1 aromatic heterocycles. The molecule has 0 aliphatic carbocycles. The van der Waals surface area contributed by atoms with Crippen LogP contribution in [0.15, 0.2) is 60.8 Å². The first kappa shape index (κ1) is 17.9. The molecule has 0 N–H and O–H groups in total. The maximum atomic E-state index is 14.7. The number of hydrogen-bond donors (Lipinski definition) is 0. The van der Waals surface area contributed by atoms with Crippen molar-refractivity contribution in [3.8, 4) is 0 Å². The van der Waals surface area contributed by atoms with Crippen LogP contribution in [0.4, 0.5) is 8.78 Å². The van der Waals surface area contributed by atoms with Gasteiger partial charge in [0.1, 0.15) is 11.6 Å². The SMILES string of the molecule is CCc1ccccc1CN1CCCn2cccc2[C@H]1c1cc(F)ccc1F. The molecule has 0 fully saturated rings. The second-order valence-corrected chi connectivity index (χ2v) is 7.14. The molecule has 0 spiro atoms. The van der Waals surface area contributed by atoms with Gasteiger partial charge in [-0.2, -0.15) is 0 Å². The molecule has 1 aliphatic rings. The van der Waals surface area contributed by atoms with Crippen molar-refractivity contribution in [2.45, 2.75) is 38.9 Å². The largest absolute Gasteiger partial charge is 0.350 e. The summed E-state index contributed by atoms with van der Waals surface area (Å²) in [6.45, 7) is 4.59. The number of fused-ring (bicyclic) bond motifs is 1. The van der Waals surface area contributed by atoms with Crippen molar-refractivity contribution < 1.29 is 8.78 Å². The van der Waals surface area contributed by atoms with Crippen molar-refractivity contribution in [3.05, 3.63) is 94.8 Å². The standard InChI is InChI=1S/C23H24F2N2/c1-2-17-7-3-4-8-18(17)16-27-14-6-13-26-12-5-9-22(26)23(27)20-15-19(24)10-11-21(20)25/h3-5,7-12,15,23H,2,6,13-14,16H2,1H3/t23-/m1/s1. The molecule has 27 heavy (non-hydrogen) atoms. The van der Waals surface area contributed by atoms with E-state index in [1.54, 1.807) is 0 Å². The molecule has 1 atom stereocenters. The second-order valence-electron chi connectivity index (χ2n) is 7.14. The molecule has 2 nitrogen and oxygen atoms in total. The van der Waals surface area contributed by atoms with Gasteiger partial charge in [0.15, 0.2) is 0 Å². The number of nitrogens with zero attached hydrogens (tertiary/aromatic N) is 2. The zero-order chi connectivity index (χ0) is 18.8. The van der Waals surface area contributed by atoms with Gasteiger partial charge in [-0.25, -0.2) is 8.78 Å². The van der Waals surface area contributed by atoms with E-state index in [-0.39, 0.29) is 11.9 Å². The highest BCUT2D eigenvalue weighted by Gasteiger charge is 2.30. The Morgan fingerprint density at radius 1 is 0.963 bits per heavy atom. The average molecular weight is 366 g/mol. The normalized spacial score (nSPS) is 17.5. The first-order valence-electron chi connectivity index (χ1n) is 9.58. The van der Waals surface area contributed by atoms with E-state index >= 15 is 0 Å². The number of rotatable bonds is 4.